The second-order valence-corrected chi connectivity index (χ2v) is 6.29. The van der Waals surface area contributed by atoms with E-state index in [4.69, 9.17) is 9.73 Å². The molecule has 1 saturated heterocycles. The minimum atomic E-state index is -0.204. The van der Waals surface area contributed by atoms with Gasteiger partial charge in [-0.15, -0.1) is 0 Å². The van der Waals surface area contributed by atoms with Gasteiger partial charge in [-0.05, 0) is 37.3 Å². The molecule has 1 fully saturated rings. The van der Waals surface area contributed by atoms with Crippen LogP contribution in [0.5, 0.6) is 5.88 Å². The lowest BCUT2D eigenvalue weighted by atomic mass is 10.2. The number of anilines is 1. The Balaban J connectivity index is 1.64. The Morgan fingerprint density at radius 2 is 1.93 bits per heavy atom. The molecule has 2 aromatic rings. The van der Waals surface area contributed by atoms with Crippen LogP contribution in [0, 0.1) is 5.82 Å². The number of rotatable bonds is 5. The van der Waals surface area contributed by atoms with Gasteiger partial charge in [-0.2, -0.15) is 0 Å². The number of ether oxygens (including phenoxy) is 1. The van der Waals surface area contributed by atoms with Crippen LogP contribution in [0.15, 0.2) is 47.6 Å². The van der Waals surface area contributed by atoms with Gasteiger partial charge in [0, 0.05) is 50.2 Å². The highest BCUT2D eigenvalue weighted by Gasteiger charge is 2.20. The summed E-state index contributed by atoms with van der Waals surface area (Å²) < 4.78 is 18.4. The van der Waals surface area contributed by atoms with Crippen LogP contribution in [0.3, 0.4) is 0 Å². The van der Waals surface area contributed by atoms with Crippen molar-refractivity contribution < 1.29 is 9.13 Å². The molecule has 1 aromatic heterocycles. The summed E-state index contributed by atoms with van der Waals surface area (Å²) in [4.78, 5) is 13.5. The molecule has 0 unspecified atom stereocenters. The van der Waals surface area contributed by atoms with E-state index in [9.17, 15) is 4.39 Å². The number of benzene rings is 1. The van der Waals surface area contributed by atoms with Crippen LogP contribution < -0.4 is 15.0 Å². The zero-order chi connectivity index (χ0) is 19.1. The third kappa shape index (κ3) is 4.87. The number of guanidine groups is 1. The van der Waals surface area contributed by atoms with Crippen LogP contribution in [0.25, 0.3) is 0 Å². The standard InChI is InChI=1S/C20H26FN5O/c1-3-22-20(24-15-16-5-4-10-23-19(16)27-2)26-13-11-25(12-14-26)18-8-6-17(21)7-9-18/h4-10H,3,11-15H2,1-2H3,(H,22,24). The molecule has 0 atom stereocenters. The van der Waals surface area contributed by atoms with E-state index in [1.807, 2.05) is 24.3 Å². The fourth-order valence-corrected chi connectivity index (χ4v) is 3.14. The number of nitrogens with one attached hydrogen (secondary N) is 1. The van der Waals surface area contributed by atoms with E-state index in [0.29, 0.717) is 12.4 Å². The minimum absolute atomic E-state index is 0.204. The van der Waals surface area contributed by atoms with Gasteiger partial charge in [0.2, 0.25) is 5.88 Å². The fourth-order valence-electron chi connectivity index (χ4n) is 3.14. The Hall–Kier alpha value is -2.83. The van der Waals surface area contributed by atoms with E-state index in [1.165, 1.54) is 12.1 Å². The maximum absolute atomic E-state index is 13.1. The molecule has 7 heteroatoms. The molecular formula is C20H26FN5O. The summed E-state index contributed by atoms with van der Waals surface area (Å²) >= 11 is 0. The van der Waals surface area contributed by atoms with Gasteiger partial charge in [0.05, 0.1) is 13.7 Å². The van der Waals surface area contributed by atoms with E-state index in [2.05, 4.69) is 27.0 Å². The number of piperazine rings is 1. The lowest BCUT2D eigenvalue weighted by molar-refractivity contribution is 0.371. The molecular weight excluding hydrogens is 345 g/mol. The lowest BCUT2D eigenvalue weighted by Crippen LogP contribution is -2.52. The monoisotopic (exact) mass is 371 g/mol. The van der Waals surface area contributed by atoms with Crippen molar-refractivity contribution in [1.29, 1.82) is 0 Å². The predicted molar refractivity (Wildman–Crippen MR) is 106 cm³/mol. The smallest absolute Gasteiger partial charge is 0.218 e. The highest BCUT2D eigenvalue weighted by atomic mass is 19.1. The first kappa shape index (κ1) is 18.9. The molecule has 27 heavy (non-hydrogen) atoms. The molecule has 0 amide bonds. The molecule has 0 radical (unpaired) electrons. The average Bonchev–Trinajstić information content (AvgIpc) is 2.72. The van der Waals surface area contributed by atoms with Crippen LogP contribution in [0.2, 0.25) is 0 Å². The van der Waals surface area contributed by atoms with Crippen molar-refractivity contribution >= 4 is 11.6 Å². The van der Waals surface area contributed by atoms with Crippen LogP contribution >= 0.6 is 0 Å². The highest BCUT2D eigenvalue weighted by molar-refractivity contribution is 5.80. The third-order valence-corrected chi connectivity index (χ3v) is 4.55. The molecule has 0 saturated carbocycles. The minimum Gasteiger partial charge on any atom is -0.481 e. The van der Waals surface area contributed by atoms with Gasteiger partial charge in [-0.3, -0.25) is 0 Å². The van der Waals surface area contributed by atoms with Crippen LogP contribution in [-0.2, 0) is 6.54 Å². The maximum Gasteiger partial charge on any atom is 0.218 e. The maximum atomic E-state index is 13.1. The van der Waals surface area contributed by atoms with E-state index in [1.54, 1.807) is 13.3 Å². The molecule has 1 N–H and O–H groups in total. The normalized spacial score (nSPS) is 15.0. The topological polar surface area (TPSA) is 53.0 Å². The van der Waals surface area contributed by atoms with Crippen molar-refractivity contribution in [2.75, 3.05) is 44.7 Å². The fraction of sp³-hybridized carbons (Fsp3) is 0.400. The van der Waals surface area contributed by atoms with E-state index < -0.39 is 0 Å². The molecule has 0 aliphatic carbocycles. The molecule has 2 heterocycles. The average molecular weight is 371 g/mol. The molecule has 1 aliphatic heterocycles. The van der Waals surface area contributed by atoms with Crippen molar-refractivity contribution in [3.63, 3.8) is 0 Å². The Labute approximate surface area is 159 Å². The van der Waals surface area contributed by atoms with E-state index in [-0.39, 0.29) is 5.82 Å². The second-order valence-electron chi connectivity index (χ2n) is 6.29. The van der Waals surface area contributed by atoms with Crippen molar-refractivity contribution in [1.82, 2.24) is 15.2 Å². The number of hydrogen-bond donors (Lipinski definition) is 1. The number of halogens is 1. The summed E-state index contributed by atoms with van der Waals surface area (Å²) in [5, 5.41) is 3.37. The van der Waals surface area contributed by atoms with Gasteiger partial charge in [0.1, 0.15) is 5.82 Å². The van der Waals surface area contributed by atoms with Gasteiger partial charge in [-0.25, -0.2) is 14.4 Å². The lowest BCUT2D eigenvalue weighted by Gasteiger charge is -2.37. The van der Waals surface area contributed by atoms with Crippen LogP contribution in [0.4, 0.5) is 10.1 Å². The Kier molecular flexibility index (Phi) is 6.46. The van der Waals surface area contributed by atoms with E-state index >= 15 is 0 Å². The van der Waals surface area contributed by atoms with E-state index in [0.717, 1.165) is 49.9 Å². The molecule has 6 nitrogen and oxygen atoms in total. The Morgan fingerprint density at radius 3 is 2.59 bits per heavy atom. The van der Waals surface area contributed by atoms with Crippen molar-refractivity contribution in [3.8, 4) is 5.88 Å². The molecule has 1 aliphatic rings. The van der Waals surface area contributed by atoms with Gasteiger partial charge in [0.25, 0.3) is 0 Å². The molecule has 0 bridgehead atoms. The molecule has 0 spiro atoms. The molecule has 1 aromatic carbocycles. The second kappa shape index (κ2) is 9.21. The predicted octanol–water partition coefficient (Wildman–Crippen LogP) is 2.52. The number of pyridine rings is 1. The largest absolute Gasteiger partial charge is 0.481 e. The van der Waals surface area contributed by atoms with Crippen LogP contribution in [0.1, 0.15) is 12.5 Å². The van der Waals surface area contributed by atoms with Gasteiger partial charge >= 0.3 is 0 Å². The Morgan fingerprint density at radius 1 is 1.19 bits per heavy atom. The van der Waals surface area contributed by atoms with Crippen molar-refractivity contribution in [3.05, 3.63) is 54.0 Å². The summed E-state index contributed by atoms with van der Waals surface area (Å²) in [7, 11) is 1.62. The van der Waals surface area contributed by atoms with Gasteiger partial charge < -0.3 is 19.9 Å². The summed E-state index contributed by atoms with van der Waals surface area (Å²) in [5.74, 6) is 1.30. The number of aromatic nitrogens is 1. The van der Waals surface area contributed by atoms with Gasteiger partial charge in [-0.1, -0.05) is 6.07 Å². The van der Waals surface area contributed by atoms with Crippen LogP contribution in [-0.4, -0.2) is 55.7 Å². The van der Waals surface area contributed by atoms with Crippen molar-refractivity contribution in [2.24, 2.45) is 4.99 Å². The summed E-state index contributed by atoms with van der Waals surface area (Å²) in [6.45, 7) is 6.83. The zero-order valence-corrected chi connectivity index (χ0v) is 15.9. The third-order valence-electron chi connectivity index (χ3n) is 4.55. The number of methoxy groups -OCH3 is 1. The summed E-state index contributed by atoms with van der Waals surface area (Å²) in [5.41, 5.74) is 2.01. The van der Waals surface area contributed by atoms with Crippen molar-refractivity contribution in [2.45, 2.75) is 13.5 Å². The zero-order valence-electron chi connectivity index (χ0n) is 15.9. The first-order chi connectivity index (χ1) is 13.2. The summed E-state index contributed by atoms with van der Waals surface area (Å²) in [6.07, 6.45) is 1.71. The Bertz CT molecular complexity index is 757. The quantitative estimate of drug-likeness (QED) is 0.647. The number of nitrogens with zero attached hydrogens (tertiary/aromatic N) is 4. The highest BCUT2D eigenvalue weighted by Crippen LogP contribution is 2.18. The molecule has 144 valence electrons. The van der Waals surface area contributed by atoms with Gasteiger partial charge in [0.15, 0.2) is 5.96 Å². The first-order valence-electron chi connectivity index (χ1n) is 9.23. The number of aliphatic imine (C=N–C) groups is 1. The molecule has 3 rings (SSSR count). The summed E-state index contributed by atoms with van der Waals surface area (Å²) in [6, 6.07) is 10.5. The number of hydrogen-bond acceptors (Lipinski definition) is 4. The SMILES string of the molecule is CCNC(=NCc1cccnc1OC)N1CCN(c2ccc(F)cc2)CC1. The first-order valence-corrected chi connectivity index (χ1v) is 9.23.